The maximum atomic E-state index is 13.7. The summed E-state index contributed by atoms with van der Waals surface area (Å²) in [6, 6.07) is 13.6. The van der Waals surface area contributed by atoms with E-state index in [1.54, 1.807) is 32.9 Å². The Hall–Kier alpha value is -3.55. The van der Waals surface area contributed by atoms with Gasteiger partial charge in [0.15, 0.2) is 0 Å². The van der Waals surface area contributed by atoms with E-state index in [0.717, 1.165) is 24.8 Å². The second-order valence-electron chi connectivity index (χ2n) is 9.83. The van der Waals surface area contributed by atoms with Crippen LogP contribution in [-0.2, 0) is 20.7 Å². The molecule has 0 heterocycles. The normalized spacial score (nSPS) is 12.8. The largest absolute Gasteiger partial charge is 0.508 e. The smallest absolute Gasteiger partial charge is 0.408 e. The number of ether oxygens (including phenoxy) is 1. The summed E-state index contributed by atoms with van der Waals surface area (Å²) in [5, 5.41) is 15.6. The van der Waals surface area contributed by atoms with Gasteiger partial charge in [-0.25, -0.2) is 4.79 Å². The van der Waals surface area contributed by atoms with Crippen molar-refractivity contribution in [1.82, 2.24) is 15.5 Å². The number of carbonyl (C=O) groups is 3. The average molecular weight is 498 g/mol. The SMILES string of the molecule is CCCCCNC(=O)C(c1cccc(O)c1)N(C)C(=O)C(Cc1ccccc1)NC(=O)OC(C)(C)C. The number of benzene rings is 2. The van der Waals surface area contributed by atoms with Crippen LogP contribution < -0.4 is 10.6 Å². The molecule has 0 aliphatic heterocycles. The molecule has 2 unspecified atom stereocenters. The summed E-state index contributed by atoms with van der Waals surface area (Å²) in [4.78, 5) is 40.9. The van der Waals surface area contributed by atoms with E-state index in [1.165, 1.54) is 24.1 Å². The molecule has 2 aromatic carbocycles. The Morgan fingerprint density at radius 2 is 1.72 bits per heavy atom. The number of aromatic hydroxyl groups is 1. The standard InChI is InChI=1S/C28H39N3O5/c1-6-7-11-17-29-25(33)24(21-15-12-16-22(32)19-21)31(5)26(34)23(18-20-13-9-8-10-14-20)30-27(35)36-28(2,3)4/h8-10,12-16,19,23-24,32H,6-7,11,17-18H2,1-5H3,(H,29,33)(H,30,35). The maximum absolute atomic E-state index is 13.7. The second-order valence-corrected chi connectivity index (χ2v) is 9.83. The van der Waals surface area contributed by atoms with Gasteiger partial charge in [-0.1, -0.05) is 62.2 Å². The summed E-state index contributed by atoms with van der Waals surface area (Å²) in [6.07, 6.45) is 2.31. The van der Waals surface area contributed by atoms with Gasteiger partial charge in [-0.2, -0.15) is 0 Å². The molecular formula is C28H39N3O5. The predicted molar refractivity (Wildman–Crippen MR) is 139 cm³/mol. The van der Waals surface area contributed by atoms with Crippen molar-refractivity contribution < 1.29 is 24.2 Å². The molecule has 8 nitrogen and oxygen atoms in total. The number of hydrogen-bond donors (Lipinski definition) is 3. The first-order valence-electron chi connectivity index (χ1n) is 12.4. The number of alkyl carbamates (subject to hydrolysis) is 1. The lowest BCUT2D eigenvalue weighted by molar-refractivity contribution is -0.140. The fourth-order valence-electron chi connectivity index (χ4n) is 3.80. The number of phenols is 1. The third kappa shape index (κ3) is 9.24. The summed E-state index contributed by atoms with van der Waals surface area (Å²) < 4.78 is 5.39. The van der Waals surface area contributed by atoms with Gasteiger partial charge in [0.1, 0.15) is 23.4 Å². The number of nitrogens with zero attached hydrogens (tertiary/aromatic N) is 1. The van der Waals surface area contributed by atoms with E-state index in [-0.39, 0.29) is 18.1 Å². The van der Waals surface area contributed by atoms with Crippen molar-refractivity contribution in [3.05, 3.63) is 65.7 Å². The lowest BCUT2D eigenvalue weighted by Crippen LogP contribution is -2.52. The van der Waals surface area contributed by atoms with Crippen LogP contribution in [0.15, 0.2) is 54.6 Å². The molecule has 0 saturated carbocycles. The molecule has 0 aromatic heterocycles. The minimum atomic E-state index is -0.995. The minimum absolute atomic E-state index is 0.00940. The van der Waals surface area contributed by atoms with Crippen molar-refractivity contribution in [2.24, 2.45) is 0 Å². The second kappa shape index (κ2) is 13.5. The molecule has 3 amide bonds. The highest BCUT2D eigenvalue weighted by atomic mass is 16.6. The summed E-state index contributed by atoms with van der Waals surface area (Å²) >= 11 is 0. The Bertz CT molecular complexity index is 1000. The van der Waals surface area contributed by atoms with Gasteiger partial charge in [-0.3, -0.25) is 9.59 Å². The number of amides is 3. The van der Waals surface area contributed by atoms with E-state index < -0.39 is 29.7 Å². The van der Waals surface area contributed by atoms with Crippen molar-refractivity contribution in [2.45, 2.75) is 71.1 Å². The molecule has 0 radical (unpaired) electrons. The van der Waals surface area contributed by atoms with E-state index in [4.69, 9.17) is 4.74 Å². The van der Waals surface area contributed by atoms with Gasteiger partial charge in [-0.05, 0) is 50.5 Å². The van der Waals surface area contributed by atoms with Crippen LogP contribution in [0.5, 0.6) is 5.75 Å². The van der Waals surface area contributed by atoms with Crippen LogP contribution in [0.2, 0.25) is 0 Å². The zero-order chi connectivity index (χ0) is 26.7. The van der Waals surface area contributed by atoms with Gasteiger partial charge in [0.2, 0.25) is 11.8 Å². The molecule has 0 aliphatic rings. The molecule has 0 fully saturated rings. The molecule has 0 spiro atoms. The van der Waals surface area contributed by atoms with E-state index in [2.05, 4.69) is 17.6 Å². The highest BCUT2D eigenvalue weighted by Crippen LogP contribution is 2.25. The fourth-order valence-corrected chi connectivity index (χ4v) is 3.80. The monoisotopic (exact) mass is 497 g/mol. The molecule has 3 N–H and O–H groups in total. The zero-order valence-corrected chi connectivity index (χ0v) is 21.9. The van der Waals surface area contributed by atoms with Crippen LogP contribution in [0.25, 0.3) is 0 Å². The Morgan fingerprint density at radius 3 is 2.33 bits per heavy atom. The number of likely N-dealkylation sites (N-methyl/N-ethyl adjacent to an activating group) is 1. The lowest BCUT2D eigenvalue weighted by atomic mass is 10.0. The molecule has 0 aliphatic carbocycles. The highest BCUT2D eigenvalue weighted by Gasteiger charge is 2.34. The van der Waals surface area contributed by atoms with Crippen LogP contribution in [0, 0.1) is 0 Å². The van der Waals surface area contributed by atoms with E-state index >= 15 is 0 Å². The van der Waals surface area contributed by atoms with E-state index in [0.29, 0.717) is 12.1 Å². The van der Waals surface area contributed by atoms with Crippen LogP contribution >= 0.6 is 0 Å². The van der Waals surface area contributed by atoms with Crippen molar-refractivity contribution >= 4 is 17.9 Å². The van der Waals surface area contributed by atoms with Crippen LogP contribution in [0.4, 0.5) is 4.79 Å². The number of carbonyl (C=O) groups excluding carboxylic acids is 3. The van der Waals surface area contributed by atoms with Crippen molar-refractivity contribution in [3.63, 3.8) is 0 Å². The number of unbranched alkanes of at least 4 members (excludes halogenated alkanes) is 2. The maximum Gasteiger partial charge on any atom is 0.408 e. The molecule has 2 rings (SSSR count). The Kier molecular flexibility index (Phi) is 10.8. The van der Waals surface area contributed by atoms with Crippen molar-refractivity contribution in [2.75, 3.05) is 13.6 Å². The molecule has 2 atom stereocenters. The minimum Gasteiger partial charge on any atom is -0.508 e. The Labute approximate surface area is 214 Å². The molecular weight excluding hydrogens is 458 g/mol. The summed E-state index contributed by atoms with van der Waals surface area (Å²) in [5.74, 6) is -0.824. The first kappa shape index (κ1) is 28.7. The first-order valence-corrected chi connectivity index (χ1v) is 12.4. The van der Waals surface area contributed by atoms with Crippen LogP contribution in [0.1, 0.15) is 64.1 Å². The quantitative estimate of drug-likeness (QED) is 0.401. The molecule has 0 saturated heterocycles. The Balaban J connectivity index is 2.34. The van der Waals surface area contributed by atoms with E-state index in [9.17, 15) is 19.5 Å². The predicted octanol–water partition coefficient (Wildman–Crippen LogP) is 4.33. The van der Waals surface area contributed by atoms with Gasteiger partial charge >= 0.3 is 6.09 Å². The van der Waals surface area contributed by atoms with Gasteiger partial charge in [0.25, 0.3) is 0 Å². The average Bonchev–Trinajstić information content (AvgIpc) is 2.80. The molecule has 8 heteroatoms. The van der Waals surface area contributed by atoms with Crippen molar-refractivity contribution in [3.8, 4) is 5.75 Å². The van der Waals surface area contributed by atoms with Gasteiger partial charge in [0, 0.05) is 20.0 Å². The number of phenolic OH excluding ortho intramolecular Hbond substituents is 1. The number of hydrogen-bond acceptors (Lipinski definition) is 5. The first-order chi connectivity index (χ1) is 17.0. The Morgan fingerprint density at radius 1 is 1.03 bits per heavy atom. The topological polar surface area (TPSA) is 108 Å². The third-order valence-corrected chi connectivity index (χ3v) is 5.52. The molecule has 196 valence electrons. The number of nitrogens with one attached hydrogen (secondary N) is 2. The lowest BCUT2D eigenvalue weighted by Gasteiger charge is -2.31. The van der Waals surface area contributed by atoms with Crippen LogP contribution in [-0.4, -0.2) is 53.1 Å². The highest BCUT2D eigenvalue weighted by molar-refractivity contribution is 5.92. The zero-order valence-electron chi connectivity index (χ0n) is 21.9. The summed E-state index contributed by atoms with van der Waals surface area (Å²) in [6.45, 7) is 7.79. The van der Waals surface area contributed by atoms with E-state index in [1.807, 2.05) is 30.3 Å². The van der Waals surface area contributed by atoms with Gasteiger partial charge < -0.3 is 25.4 Å². The summed E-state index contributed by atoms with van der Waals surface area (Å²) in [7, 11) is 1.53. The van der Waals surface area contributed by atoms with Crippen molar-refractivity contribution in [1.29, 1.82) is 0 Å². The summed E-state index contributed by atoms with van der Waals surface area (Å²) in [5.41, 5.74) is 0.575. The number of rotatable bonds is 11. The third-order valence-electron chi connectivity index (χ3n) is 5.52. The molecule has 0 bridgehead atoms. The van der Waals surface area contributed by atoms with Crippen LogP contribution in [0.3, 0.4) is 0 Å². The molecule has 36 heavy (non-hydrogen) atoms. The molecule has 2 aromatic rings. The van der Waals surface area contributed by atoms with Gasteiger partial charge in [0.05, 0.1) is 0 Å². The van der Waals surface area contributed by atoms with Gasteiger partial charge in [-0.15, -0.1) is 0 Å². The fraction of sp³-hybridized carbons (Fsp3) is 0.464.